The fourth-order valence-corrected chi connectivity index (χ4v) is 4.62. The highest BCUT2D eigenvalue weighted by atomic mass is 32.2. The van der Waals surface area contributed by atoms with Crippen molar-refractivity contribution in [3.63, 3.8) is 0 Å². The average molecular weight is 279 g/mol. The lowest BCUT2D eigenvalue weighted by molar-refractivity contribution is 0.540. The number of aromatic nitrogens is 2. The van der Waals surface area contributed by atoms with E-state index in [-0.39, 0.29) is 29.0 Å². The molecule has 9 heteroatoms. The molecule has 1 unspecified atom stereocenters. The zero-order chi connectivity index (χ0) is 12.5. The molecule has 1 saturated heterocycles. The van der Waals surface area contributed by atoms with E-state index in [9.17, 15) is 16.8 Å². The quantitative estimate of drug-likeness (QED) is 0.744. The van der Waals surface area contributed by atoms with E-state index in [2.05, 4.69) is 14.9 Å². The topological polar surface area (TPSA) is 109 Å². The van der Waals surface area contributed by atoms with Gasteiger partial charge in [-0.3, -0.25) is 5.10 Å². The Balaban J connectivity index is 1.96. The Bertz CT molecular complexity index is 576. The maximum Gasteiger partial charge on any atom is 0.257 e. The maximum absolute atomic E-state index is 11.7. The van der Waals surface area contributed by atoms with Crippen LogP contribution in [0.4, 0.5) is 0 Å². The van der Waals surface area contributed by atoms with Gasteiger partial charge in [0, 0.05) is 6.54 Å². The lowest BCUT2D eigenvalue weighted by atomic mass is 10.1. The fraction of sp³-hybridized carbons (Fsp3) is 0.625. The number of rotatable bonds is 4. The normalized spacial score (nSPS) is 23.9. The number of hydrogen-bond donors (Lipinski definition) is 2. The van der Waals surface area contributed by atoms with E-state index in [1.165, 1.54) is 12.3 Å². The Kier molecular flexibility index (Phi) is 3.23. The van der Waals surface area contributed by atoms with E-state index in [0.717, 1.165) is 0 Å². The van der Waals surface area contributed by atoms with Crippen molar-refractivity contribution >= 4 is 19.9 Å². The summed E-state index contributed by atoms with van der Waals surface area (Å²) in [5.41, 5.74) is 0. The number of nitrogens with zero attached hydrogens (tertiary/aromatic N) is 1. The minimum absolute atomic E-state index is 0.0154. The molecule has 96 valence electrons. The summed E-state index contributed by atoms with van der Waals surface area (Å²) in [7, 11) is -6.58. The Morgan fingerprint density at radius 2 is 2.29 bits per heavy atom. The van der Waals surface area contributed by atoms with Gasteiger partial charge in [0.1, 0.15) is 0 Å². The van der Waals surface area contributed by atoms with E-state index in [0.29, 0.717) is 6.42 Å². The highest BCUT2D eigenvalue weighted by molar-refractivity contribution is 7.91. The van der Waals surface area contributed by atoms with E-state index in [4.69, 9.17) is 0 Å². The summed E-state index contributed by atoms with van der Waals surface area (Å²) < 4.78 is 48.1. The van der Waals surface area contributed by atoms with Gasteiger partial charge in [-0.1, -0.05) is 0 Å². The third-order valence-corrected chi connectivity index (χ3v) is 5.84. The molecule has 1 fully saturated rings. The summed E-state index contributed by atoms with van der Waals surface area (Å²) in [4.78, 5) is 0. The van der Waals surface area contributed by atoms with E-state index < -0.39 is 19.9 Å². The third kappa shape index (κ3) is 3.05. The van der Waals surface area contributed by atoms with E-state index in [1.54, 1.807) is 0 Å². The first-order valence-electron chi connectivity index (χ1n) is 5.08. The summed E-state index contributed by atoms with van der Waals surface area (Å²) >= 11 is 0. The van der Waals surface area contributed by atoms with Gasteiger partial charge < -0.3 is 0 Å². The van der Waals surface area contributed by atoms with Gasteiger partial charge in [-0.15, -0.1) is 0 Å². The van der Waals surface area contributed by atoms with Crippen LogP contribution in [-0.4, -0.2) is 45.1 Å². The number of hydrogen-bond acceptors (Lipinski definition) is 5. The smallest absolute Gasteiger partial charge is 0.257 e. The number of sulfonamides is 1. The maximum atomic E-state index is 11.7. The largest absolute Gasteiger partial charge is 0.266 e. The number of H-pyrrole nitrogens is 1. The Morgan fingerprint density at radius 1 is 1.53 bits per heavy atom. The molecule has 0 aliphatic carbocycles. The van der Waals surface area contributed by atoms with Crippen LogP contribution in [0.25, 0.3) is 0 Å². The second kappa shape index (κ2) is 4.39. The van der Waals surface area contributed by atoms with Crippen molar-refractivity contribution in [2.45, 2.75) is 11.4 Å². The predicted octanol–water partition coefficient (Wildman–Crippen LogP) is -0.877. The Hall–Kier alpha value is -0.930. The molecule has 17 heavy (non-hydrogen) atoms. The summed E-state index contributed by atoms with van der Waals surface area (Å²) in [5, 5.41) is 5.89. The molecule has 1 aromatic rings. The van der Waals surface area contributed by atoms with Gasteiger partial charge in [0.15, 0.2) is 14.9 Å². The molecule has 2 rings (SSSR count). The number of sulfone groups is 1. The summed E-state index contributed by atoms with van der Waals surface area (Å²) in [5.74, 6) is 0.0554. The Morgan fingerprint density at radius 3 is 2.82 bits per heavy atom. The molecule has 0 radical (unpaired) electrons. The molecule has 1 aromatic heterocycles. The van der Waals surface area contributed by atoms with Crippen LogP contribution < -0.4 is 4.72 Å². The number of aromatic amines is 1. The van der Waals surface area contributed by atoms with Crippen LogP contribution in [0.2, 0.25) is 0 Å². The van der Waals surface area contributed by atoms with Crippen LogP contribution in [0.1, 0.15) is 6.42 Å². The van der Waals surface area contributed by atoms with Gasteiger partial charge in [0.05, 0.1) is 17.7 Å². The van der Waals surface area contributed by atoms with E-state index in [1.807, 2.05) is 0 Å². The van der Waals surface area contributed by atoms with Crippen molar-refractivity contribution in [2.75, 3.05) is 18.1 Å². The van der Waals surface area contributed by atoms with Crippen LogP contribution >= 0.6 is 0 Å². The highest BCUT2D eigenvalue weighted by Gasteiger charge is 2.29. The van der Waals surface area contributed by atoms with E-state index >= 15 is 0 Å². The standard InChI is InChI=1S/C8H13N3O4S2/c12-16(13)4-2-7(6-16)5-10-17(14,15)8-1-3-9-11-8/h1,3,7,10H,2,4-6H2,(H,9,11). The monoisotopic (exact) mass is 279 g/mol. The zero-order valence-corrected chi connectivity index (χ0v) is 10.6. The van der Waals surface area contributed by atoms with Crippen LogP contribution in [0.15, 0.2) is 17.3 Å². The molecule has 1 atom stereocenters. The van der Waals surface area contributed by atoms with Gasteiger partial charge in [0.25, 0.3) is 10.0 Å². The SMILES string of the molecule is O=S1(=O)CCC(CNS(=O)(=O)c2ccn[nH]2)C1. The summed E-state index contributed by atoms with van der Waals surface area (Å²) in [6.07, 6.45) is 1.85. The molecule has 2 heterocycles. The minimum Gasteiger partial charge on any atom is -0.266 e. The average Bonchev–Trinajstić information content (AvgIpc) is 2.84. The predicted molar refractivity (Wildman–Crippen MR) is 60.5 cm³/mol. The van der Waals surface area contributed by atoms with Crippen LogP contribution in [-0.2, 0) is 19.9 Å². The second-order valence-electron chi connectivity index (χ2n) is 4.04. The fourth-order valence-electron chi connectivity index (χ4n) is 1.73. The molecule has 0 bridgehead atoms. The summed E-state index contributed by atoms with van der Waals surface area (Å²) in [6.45, 7) is 0.139. The van der Waals surface area contributed by atoms with Gasteiger partial charge >= 0.3 is 0 Å². The lowest BCUT2D eigenvalue weighted by Crippen LogP contribution is -2.30. The van der Waals surface area contributed by atoms with Gasteiger partial charge in [-0.2, -0.15) is 5.10 Å². The third-order valence-electron chi connectivity index (χ3n) is 2.65. The second-order valence-corrected chi connectivity index (χ2v) is 8.01. The molecule has 7 nitrogen and oxygen atoms in total. The first kappa shape index (κ1) is 12.5. The van der Waals surface area contributed by atoms with Crippen LogP contribution in [0, 0.1) is 5.92 Å². The van der Waals surface area contributed by atoms with Crippen molar-refractivity contribution in [3.8, 4) is 0 Å². The van der Waals surface area contributed by atoms with Crippen molar-refractivity contribution in [1.29, 1.82) is 0 Å². The van der Waals surface area contributed by atoms with Crippen molar-refractivity contribution in [2.24, 2.45) is 5.92 Å². The first-order valence-corrected chi connectivity index (χ1v) is 8.39. The molecule has 2 N–H and O–H groups in total. The van der Waals surface area contributed by atoms with Gasteiger partial charge in [-0.25, -0.2) is 21.6 Å². The molecule has 0 aromatic carbocycles. The molecule has 0 spiro atoms. The molecule has 1 aliphatic heterocycles. The van der Waals surface area contributed by atoms with Crippen molar-refractivity contribution in [3.05, 3.63) is 12.3 Å². The van der Waals surface area contributed by atoms with Crippen molar-refractivity contribution in [1.82, 2.24) is 14.9 Å². The summed E-state index contributed by atoms with van der Waals surface area (Å²) in [6, 6.07) is 1.34. The first-order chi connectivity index (χ1) is 7.89. The van der Waals surface area contributed by atoms with Crippen LogP contribution in [0.5, 0.6) is 0 Å². The van der Waals surface area contributed by atoms with Crippen molar-refractivity contribution < 1.29 is 16.8 Å². The molecular weight excluding hydrogens is 266 g/mol. The zero-order valence-electron chi connectivity index (χ0n) is 8.96. The van der Waals surface area contributed by atoms with Crippen LogP contribution in [0.3, 0.4) is 0 Å². The molecule has 1 aliphatic rings. The lowest BCUT2D eigenvalue weighted by Gasteiger charge is -2.08. The Labute approximate surface area is 99.6 Å². The number of nitrogens with one attached hydrogen (secondary N) is 2. The molecule has 0 saturated carbocycles. The highest BCUT2D eigenvalue weighted by Crippen LogP contribution is 2.18. The molecular formula is C8H13N3O4S2. The van der Waals surface area contributed by atoms with Gasteiger partial charge in [-0.05, 0) is 18.4 Å². The molecule has 0 amide bonds. The minimum atomic E-state index is -3.60. The van der Waals surface area contributed by atoms with Gasteiger partial charge in [0.2, 0.25) is 0 Å².